The molecular weight excluding hydrogens is 178 g/mol. The first-order chi connectivity index (χ1) is 6.72. The van der Waals surface area contributed by atoms with Crippen LogP contribution in [0, 0.1) is 5.92 Å². The van der Waals surface area contributed by atoms with Gasteiger partial charge in [-0.2, -0.15) is 0 Å². The average Bonchev–Trinajstić information content (AvgIpc) is 3.00. The molecule has 1 aliphatic carbocycles. The molecule has 0 heterocycles. The van der Waals surface area contributed by atoms with Crippen molar-refractivity contribution in [3.63, 3.8) is 0 Å². The molecule has 0 bridgehead atoms. The fraction of sp³-hybridized carbons (Fsp3) is 0.455. The third-order valence-corrected chi connectivity index (χ3v) is 2.71. The minimum absolute atomic E-state index is 0.0468. The second-order valence-corrected chi connectivity index (χ2v) is 3.79. The van der Waals surface area contributed by atoms with Gasteiger partial charge in [0.05, 0.1) is 7.11 Å². The van der Waals surface area contributed by atoms with Crippen molar-refractivity contribution in [1.29, 1.82) is 0 Å². The van der Waals surface area contributed by atoms with Gasteiger partial charge in [-0.05, 0) is 24.8 Å². The molecule has 0 amide bonds. The van der Waals surface area contributed by atoms with Gasteiger partial charge in [-0.1, -0.05) is 6.07 Å². The van der Waals surface area contributed by atoms with Gasteiger partial charge in [-0.3, -0.25) is 0 Å². The third-order valence-electron chi connectivity index (χ3n) is 2.71. The second kappa shape index (κ2) is 3.50. The molecule has 3 heteroatoms. The highest BCUT2D eigenvalue weighted by atomic mass is 16.5. The van der Waals surface area contributed by atoms with Crippen molar-refractivity contribution >= 4 is 0 Å². The van der Waals surface area contributed by atoms with E-state index in [1.54, 1.807) is 19.2 Å². The number of phenolic OH excluding ortho intramolecular Hbond substituents is 1. The Hall–Kier alpha value is -1.22. The summed E-state index contributed by atoms with van der Waals surface area (Å²) in [5.74, 6) is 1.49. The van der Waals surface area contributed by atoms with E-state index in [-0.39, 0.29) is 11.8 Å². The van der Waals surface area contributed by atoms with E-state index < -0.39 is 0 Å². The molecule has 1 atom stereocenters. The summed E-state index contributed by atoms with van der Waals surface area (Å²) in [6, 6.07) is 5.15. The van der Waals surface area contributed by atoms with Crippen LogP contribution in [-0.4, -0.2) is 12.2 Å². The van der Waals surface area contributed by atoms with Crippen LogP contribution in [0.15, 0.2) is 18.2 Å². The quantitative estimate of drug-likeness (QED) is 0.769. The maximum atomic E-state index is 9.28. The number of methoxy groups -OCH3 is 1. The van der Waals surface area contributed by atoms with Crippen molar-refractivity contribution in [2.24, 2.45) is 11.7 Å². The predicted molar refractivity (Wildman–Crippen MR) is 54.3 cm³/mol. The molecule has 3 N–H and O–H groups in total. The Morgan fingerprint density at radius 1 is 1.50 bits per heavy atom. The van der Waals surface area contributed by atoms with Crippen LogP contribution < -0.4 is 10.5 Å². The molecule has 0 unspecified atom stereocenters. The lowest BCUT2D eigenvalue weighted by atomic mass is 10.0. The smallest absolute Gasteiger partial charge is 0.127 e. The van der Waals surface area contributed by atoms with Crippen LogP contribution in [0.2, 0.25) is 0 Å². The standard InChI is InChI=1S/C11H15NO2/c1-14-10-6-8(13)4-5-9(10)11(12)7-2-3-7/h4-7,11,13H,2-3,12H2,1H3/t11-/m1/s1. The van der Waals surface area contributed by atoms with Crippen LogP contribution in [-0.2, 0) is 0 Å². The summed E-state index contributed by atoms with van der Waals surface area (Å²) >= 11 is 0. The largest absolute Gasteiger partial charge is 0.508 e. The first kappa shape index (κ1) is 9.34. The van der Waals surface area contributed by atoms with Gasteiger partial charge in [0.1, 0.15) is 11.5 Å². The van der Waals surface area contributed by atoms with Gasteiger partial charge in [0.2, 0.25) is 0 Å². The summed E-state index contributed by atoms with van der Waals surface area (Å²) in [5.41, 5.74) is 7.06. The van der Waals surface area contributed by atoms with Crippen molar-refractivity contribution in [3.8, 4) is 11.5 Å². The first-order valence-corrected chi connectivity index (χ1v) is 4.85. The van der Waals surface area contributed by atoms with E-state index in [2.05, 4.69) is 0 Å². The van der Waals surface area contributed by atoms with Gasteiger partial charge < -0.3 is 15.6 Å². The van der Waals surface area contributed by atoms with E-state index in [0.717, 1.165) is 5.56 Å². The Labute approximate surface area is 83.5 Å². The Morgan fingerprint density at radius 3 is 2.79 bits per heavy atom. The summed E-state index contributed by atoms with van der Waals surface area (Å²) < 4.78 is 5.19. The van der Waals surface area contributed by atoms with Gasteiger partial charge in [0.25, 0.3) is 0 Å². The molecule has 1 fully saturated rings. The van der Waals surface area contributed by atoms with E-state index in [9.17, 15) is 5.11 Å². The zero-order valence-corrected chi connectivity index (χ0v) is 8.23. The second-order valence-electron chi connectivity index (χ2n) is 3.79. The lowest BCUT2D eigenvalue weighted by molar-refractivity contribution is 0.396. The molecule has 0 aromatic heterocycles. The lowest BCUT2D eigenvalue weighted by Crippen LogP contribution is -2.13. The van der Waals surface area contributed by atoms with E-state index in [1.165, 1.54) is 12.8 Å². The Morgan fingerprint density at radius 2 is 2.21 bits per heavy atom. The number of nitrogens with two attached hydrogens (primary N) is 1. The number of phenols is 1. The van der Waals surface area contributed by atoms with Crippen LogP contribution in [0.5, 0.6) is 11.5 Å². The van der Waals surface area contributed by atoms with Crippen LogP contribution >= 0.6 is 0 Å². The van der Waals surface area contributed by atoms with Crippen LogP contribution in [0.1, 0.15) is 24.4 Å². The van der Waals surface area contributed by atoms with E-state index in [1.807, 2.05) is 6.07 Å². The van der Waals surface area contributed by atoms with Gasteiger partial charge in [-0.25, -0.2) is 0 Å². The monoisotopic (exact) mass is 193 g/mol. The number of rotatable bonds is 3. The third kappa shape index (κ3) is 1.68. The highest BCUT2D eigenvalue weighted by Crippen LogP contribution is 2.42. The SMILES string of the molecule is COc1cc(O)ccc1[C@H](N)C1CC1. The molecule has 0 saturated heterocycles. The number of aromatic hydroxyl groups is 1. The Kier molecular flexibility index (Phi) is 2.33. The number of benzene rings is 1. The summed E-state index contributed by atoms with van der Waals surface area (Å²) in [7, 11) is 1.60. The first-order valence-electron chi connectivity index (χ1n) is 4.85. The number of ether oxygens (including phenoxy) is 1. The molecular formula is C11H15NO2. The fourth-order valence-corrected chi connectivity index (χ4v) is 1.68. The molecule has 0 aliphatic heterocycles. The van der Waals surface area contributed by atoms with Crippen molar-refractivity contribution < 1.29 is 9.84 Å². The highest BCUT2D eigenvalue weighted by Gasteiger charge is 2.31. The molecule has 2 rings (SSSR count). The van der Waals surface area contributed by atoms with E-state index in [0.29, 0.717) is 11.7 Å². The molecule has 76 valence electrons. The topological polar surface area (TPSA) is 55.5 Å². The van der Waals surface area contributed by atoms with E-state index in [4.69, 9.17) is 10.5 Å². The lowest BCUT2D eigenvalue weighted by Gasteiger charge is -2.14. The van der Waals surface area contributed by atoms with Crippen LogP contribution in [0.25, 0.3) is 0 Å². The Bertz CT molecular complexity index is 334. The van der Waals surface area contributed by atoms with Crippen LogP contribution in [0.4, 0.5) is 0 Å². The number of hydrogen-bond acceptors (Lipinski definition) is 3. The van der Waals surface area contributed by atoms with Crippen molar-refractivity contribution in [3.05, 3.63) is 23.8 Å². The number of hydrogen-bond donors (Lipinski definition) is 2. The van der Waals surface area contributed by atoms with Crippen molar-refractivity contribution in [1.82, 2.24) is 0 Å². The molecule has 14 heavy (non-hydrogen) atoms. The summed E-state index contributed by atoms with van der Waals surface area (Å²) in [6.45, 7) is 0. The zero-order valence-electron chi connectivity index (χ0n) is 8.23. The van der Waals surface area contributed by atoms with Crippen LogP contribution in [0.3, 0.4) is 0 Å². The molecule has 1 aromatic rings. The maximum Gasteiger partial charge on any atom is 0.127 e. The molecule has 1 aromatic carbocycles. The van der Waals surface area contributed by atoms with E-state index >= 15 is 0 Å². The highest BCUT2D eigenvalue weighted by molar-refractivity contribution is 5.42. The fourth-order valence-electron chi connectivity index (χ4n) is 1.68. The Balaban J connectivity index is 2.30. The zero-order chi connectivity index (χ0) is 10.1. The maximum absolute atomic E-state index is 9.28. The minimum Gasteiger partial charge on any atom is -0.508 e. The van der Waals surface area contributed by atoms with Crippen molar-refractivity contribution in [2.45, 2.75) is 18.9 Å². The molecule has 0 spiro atoms. The summed E-state index contributed by atoms with van der Waals surface area (Å²) in [6.07, 6.45) is 2.40. The summed E-state index contributed by atoms with van der Waals surface area (Å²) in [5, 5.41) is 9.28. The van der Waals surface area contributed by atoms with Crippen molar-refractivity contribution in [2.75, 3.05) is 7.11 Å². The molecule has 3 nitrogen and oxygen atoms in total. The van der Waals surface area contributed by atoms with Gasteiger partial charge in [0.15, 0.2) is 0 Å². The van der Waals surface area contributed by atoms with Gasteiger partial charge >= 0.3 is 0 Å². The molecule has 1 aliphatic rings. The van der Waals surface area contributed by atoms with Gasteiger partial charge in [0, 0.05) is 17.7 Å². The molecule has 1 saturated carbocycles. The average molecular weight is 193 g/mol. The predicted octanol–water partition coefficient (Wildman–Crippen LogP) is 1.81. The normalized spacial score (nSPS) is 17.9. The van der Waals surface area contributed by atoms with Gasteiger partial charge in [-0.15, -0.1) is 0 Å². The summed E-state index contributed by atoms with van der Waals surface area (Å²) in [4.78, 5) is 0. The molecule has 0 radical (unpaired) electrons. The minimum atomic E-state index is 0.0468.